The molecule has 0 atom stereocenters. The molecule has 110 valence electrons. The number of hydrogen-bond donors (Lipinski definition) is 0. The first kappa shape index (κ1) is 15.4. The highest BCUT2D eigenvalue weighted by atomic mass is 35.5. The zero-order valence-corrected chi connectivity index (χ0v) is 10.9. The minimum Gasteiger partial charge on any atom is -0.289 e. The number of hydrogen-bond acceptors (Lipinski definition) is 1. The minimum absolute atomic E-state index is 0.128. The van der Waals surface area contributed by atoms with Crippen LogP contribution >= 0.6 is 11.6 Å². The van der Waals surface area contributed by atoms with Crippen LogP contribution in [-0.2, 0) is 6.18 Å². The van der Waals surface area contributed by atoms with Crippen molar-refractivity contribution in [3.8, 4) is 0 Å². The van der Waals surface area contributed by atoms with E-state index in [4.69, 9.17) is 11.6 Å². The van der Waals surface area contributed by atoms with Crippen LogP contribution < -0.4 is 0 Å². The van der Waals surface area contributed by atoms with Gasteiger partial charge in [0.1, 0.15) is 11.6 Å². The molecule has 21 heavy (non-hydrogen) atoms. The lowest BCUT2D eigenvalue weighted by atomic mass is 10.0. The van der Waals surface area contributed by atoms with Gasteiger partial charge in [0.2, 0.25) is 0 Å². The van der Waals surface area contributed by atoms with Gasteiger partial charge >= 0.3 is 6.18 Å². The lowest BCUT2D eigenvalue weighted by Crippen LogP contribution is -2.10. The van der Waals surface area contributed by atoms with E-state index in [1.165, 1.54) is 0 Å². The van der Waals surface area contributed by atoms with E-state index in [0.29, 0.717) is 12.1 Å². The zero-order valence-electron chi connectivity index (χ0n) is 10.1. The SMILES string of the molecule is O=C(c1ccc(C(F)(F)F)c(F)c1)c1ccc(F)cc1Cl. The van der Waals surface area contributed by atoms with Gasteiger partial charge in [0.15, 0.2) is 5.78 Å². The second-order valence-corrected chi connectivity index (χ2v) is 4.55. The molecule has 0 bridgehead atoms. The predicted molar refractivity (Wildman–Crippen MR) is 66.2 cm³/mol. The molecule has 0 aliphatic heterocycles. The van der Waals surface area contributed by atoms with Crippen molar-refractivity contribution >= 4 is 17.4 Å². The van der Waals surface area contributed by atoms with Crippen molar-refractivity contribution in [1.29, 1.82) is 0 Å². The number of carbonyl (C=O) groups is 1. The third kappa shape index (κ3) is 3.21. The second-order valence-electron chi connectivity index (χ2n) is 4.15. The monoisotopic (exact) mass is 320 g/mol. The molecule has 0 N–H and O–H groups in total. The van der Waals surface area contributed by atoms with Gasteiger partial charge in [0.25, 0.3) is 0 Å². The van der Waals surface area contributed by atoms with Crippen molar-refractivity contribution in [3.63, 3.8) is 0 Å². The first-order valence-electron chi connectivity index (χ1n) is 5.56. The Morgan fingerprint density at radius 3 is 2.19 bits per heavy atom. The average molecular weight is 321 g/mol. The standard InChI is InChI=1S/C14H6ClF5O/c15-11-6-8(16)2-3-9(11)13(21)7-1-4-10(12(17)5-7)14(18,19)20/h1-6H. The van der Waals surface area contributed by atoms with Crippen LogP contribution in [0.4, 0.5) is 22.0 Å². The number of ketones is 1. The molecule has 2 aromatic rings. The molecule has 0 aliphatic rings. The molecular formula is C14H6ClF5O. The highest BCUT2D eigenvalue weighted by Crippen LogP contribution is 2.32. The Balaban J connectivity index is 2.43. The topological polar surface area (TPSA) is 17.1 Å². The number of rotatable bonds is 2. The van der Waals surface area contributed by atoms with Crippen LogP contribution in [0.25, 0.3) is 0 Å². The smallest absolute Gasteiger partial charge is 0.289 e. The van der Waals surface area contributed by atoms with Gasteiger partial charge in [-0.2, -0.15) is 13.2 Å². The molecule has 0 saturated carbocycles. The summed E-state index contributed by atoms with van der Waals surface area (Å²) in [6, 6.07) is 4.73. The average Bonchev–Trinajstić information content (AvgIpc) is 2.36. The minimum atomic E-state index is -4.85. The second kappa shape index (κ2) is 5.44. The van der Waals surface area contributed by atoms with Crippen LogP contribution in [-0.4, -0.2) is 5.78 Å². The van der Waals surface area contributed by atoms with Crippen LogP contribution in [0.3, 0.4) is 0 Å². The van der Waals surface area contributed by atoms with Crippen molar-refractivity contribution < 1.29 is 26.7 Å². The number of alkyl halides is 3. The third-order valence-corrected chi connectivity index (χ3v) is 3.03. The largest absolute Gasteiger partial charge is 0.419 e. The maximum Gasteiger partial charge on any atom is 0.419 e. The van der Waals surface area contributed by atoms with Crippen LogP contribution in [0.2, 0.25) is 5.02 Å². The summed E-state index contributed by atoms with van der Waals surface area (Å²) in [6.45, 7) is 0. The van der Waals surface area contributed by atoms with Gasteiger partial charge in [-0.15, -0.1) is 0 Å². The van der Waals surface area contributed by atoms with Crippen molar-refractivity contribution in [2.75, 3.05) is 0 Å². The summed E-state index contributed by atoms with van der Waals surface area (Å²) in [7, 11) is 0. The molecule has 7 heteroatoms. The molecule has 0 fully saturated rings. The normalized spacial score (nSPS) is 11.5. The van der Waals surface area contributed by atoms with E-state index >= 15 is 0 Å². The molecule has 2 aromatic carbocycles. The molecule has 0 amide bonds. The fourth-order valence-electron chi connectivity index (χ4n) is 1.72. The fourth-order valence-corrected chi connectivity index (χ4v) is 1.97. The van der Waals surface area contributed by atoms with E-state index < -0.39 is 29.2 Å². The quantitative estimate of drug-likeness (QED) is 0.570. The van der Waals surface area contributed by atoms with E-state index in [-0.39, 0.29) is 16.1 Å². The Labute approximate surface area is 121 Å². The van der Waals surface area contributed by atoms with Crippen LogP contribution in [0.1, 0.15) is 21.5 Å². The Morgan fingerprint density at radius 2 is 1.67 bits per heavy atom. The molecule has 0 heterocycles. The fraction of sp³-hybridized carbons (Fsp3) is 0.0714. The van der Waals surface area contributed by atoms with E-state index in [1.54, 1.807) is 0 Å². The lowest BCUT2D eigenvalue weighted by molar-refractivity contribution is -0.140. The first-order valence-corrected chi connectivity index (χ1v) is 5.94. The summed E-state index contributed by atoms with van der Waals surface area (Å²) in [5.74, 6) is -3.03. The molecule has 0 aromatic heterocycles. The zero-order chi connectivity index (χ0) is 15.8. The number of carbonyl (C=O) groups excluding carboxylic acids is 1. The van der Waals surface area contributed by atoms with Crippen molar-refractivity contribution in [2.45, 2.75) is 6.18 Å². The molecule has 0 unspecified atom stereocenters. The molecule has 0 saturated heterocycles. The van der Waals surface area contributed by atoms with Crippen molar-refractivity contribution in [2.24, 2.45) is 0 Å². The Bertz CT molecular complexity index is 709. The van der Waals surface area contributed by atoms with Gasteiger partial charge < -0.3 is 0 Å². The Hall–Kier alpha value is -1.95. The van der Waals surface area contributed by atoms with Crippen molar-refractivity contribution in [3.05, 3.63) is 69.7 Å². The molecule has 0 radical (unpaired) electrons. The van der Waals surface area contributed by atoms with Gasteiger partial charge in [-0.3, -0.25) is 4.79 Å². The summed E-state index contributed by atoms with van der Waals surface area (Å²) in [4.78, 5) is 12.0. The highest BCUT2D eigenvalue weighted by Gasteiger charge is 2.34. The maximum absolute atomic E-state index is 13.4. The van der Waals surface area contributed by atoms with Crippen LogP contribution in [0.5, 0.6) is 0 Å². The van der Waals surface area contributed by atoms with Crippen LogP contribution in [0, 0.1) is 11.6 Å². The molecule has 1 nitrogen and oxygen atoms in total. The molecule has 2 rings (SSSR count). The van der Waals surface area contributed by atoms with E-state index in [9.17, 15) is 26.7 Å². The molecule has 0 spiro atoms. The number of halogens is 6. The Morgan fingerprint density at radius 1 is 1.00 bits per heavy atom. The van der Waals surface area contributed by atoms with Gasteiger partial charge in [-0.05, 0) is 30.3 Å². The first-order chi connectivity index (χ1) is 9.70. The van der Waals surface area contributed by atoms with E-state index in [0.717, 1.165) is 24.3 Å². The summed E-state index contributed by atoms with van der Waals surface area (Å²) >= 11 is 5.68. The molecular weight excluding hydrogens is 315 g/mol. The summed E-state index contributed by atoms with van der Waals surface area (Å²) in [5.41, 5.74) is -1.91. The summed E-state index contributed by atoms with van der Waals surface area (Å²) < 4.78 is 63.6. The lowest BCUT2D eigenvalue weighted by Gasteiger charge is -2.09. The number of benzene rings is 2. The van der Waals surface area contributed by atoms with E-state index in [2.05, 4.69) is 0 Å². The van der Waals surface area contributed by atoms with Crippen LogP contribution in [0.15, 0.2) is 36.4 Å². The van der Waals surface area contributed by atoms with Gasteiger partial charge in [-0.1, -0.05) is 17.7 Å². The van der Waals surface area contributed by atoms with Gasteiger partial charge in [-0.25, -0.2) is 8.78 Å². The third-order valence-electron chi connectivity index (χ3n) is 2.71. The van der Waals surface area contributed by atoms with Gasteiger partial charge in [0, 0.05) is 11.1 Å². The highest BCUT2D eigenvalue weighted by molar-refractivity contribution is 6.35. The van der Waals surface area contributed by atoms with E-state index in [1.807, 2.05) is 0 Å². The molecule has 0 aliphatic carbocycles. The summed E-state index contributed by atoms with van der Waals surface area (Å²) in [6.07, 6.45) is -4.85. The predicted octanol–water partition coefficient (Wildman–Crippen LogP) is 4.87. The van der Waals surface area contributed by atoms with Gasteiger partial charge in [0.05, 0.1) is 10.6 Å². The maximum atomic E-state index is 13.4. The summed E-state index contributed by atoms with van der Waals surface area (Å²) in [5, 5.41) is -0.208. The van der Waals surface area contributed by atoms with Crippen molar-refractivity contribution in [1.82, 2.24) is 0 Å². The Kier molecular flexibility index (Phi) is 4.00.